The molecule has 0 aromatic heterocycles. The van der Waals surface area contributed by atoms with Crippen LogP contribution in [0, 0.1) is 5.41 Å². The molecule has 0 saturated heterocycles. The van der Waals surface area contributed by atoms with Gasteiger partial charge in [0.05, 0.1) is 13.0 Å². The predicted octanol–water partition coefficient (Wildman–Crippen LogP) is 1.62. The maximum absolute atomic E-state index is 11.2. The first kappa shape index (κ1) is 13.7. The number of alkyl carbamates (subject to hydrolysis) is 1. The van der Waals surface area contributed by atoms with Gasteiger partial charge in [-0.15, -0.1) is 0 Å². The van der Waals surface area contributed by atoms with Crippen LogP contribution in [-0.4, -0.2) is 29.8 Å². The highest BCUT2D eigenvalue weighted by Crippen LogP contribution is 2.21. The first-order valence-electron chi connectivity index (χ1n) is 4.92. The molecule has 0 aliphatic heterocycles. The van der Waals surface area contributed by atoms with E-state index in [-0.39, 0.29) is 18.4 Å². The number of nitrogens with one attached hydrogen (secondary N) is 1. The van der Waals surface area contributed by atoms with Crippen molar-refractivity contribution in [3.63, 3.8) is 0 Å². The van der Waals surface area contributed by atoms with Crippen LogP contribution in [0.4, 0.5) is 4.79 Å². The van der Waals surface area contributed by atoms with Crippen LogP contribution in [0.3, 0.4) is 0 Å². The maximum Gasteiger partial charge on any atom is 0.407 e. The third-order valence-corrected chi connectivity index (χ3v) is 1.99. The van der Waals surface area contributed by atoms with Crippen molar-refractivity contribution in [2.75, 3.05) is 6.61 Å². The van der Waals surface area contributed by atoms with Gasteiger partial charge in [0.15, 0.2) is 0 Å². The van der Waals surface area contributed by atoms with Gasteiger partial charge < -0.3 is 15.2 Å². The third kappa shape index (κ3) is 5.93. The number of carboxylic acid groups (broad SMARTS) is 1. The highest BCUT2D eigenvalue weighted by Gasteiger charge is 2.28. The summed E-state index contributed by atoms with van der Waals surface area (Å²) in [7, 11) is 0. The number of aliphatic carboxylic acids is 1. The van der Waals surface area contributed by atoms with Gasteiger partial charge in [-0.3, -0.25) is 4.79 Å². The van der Waals surface area contributed by atoms with Crippen molar-refractivity contribution in [3.05, 3.63) is 0 Å². The van der Waals surface area contributed by atoms with E-state index in [1.807, 2.05) is 20.8 Å². The molecule has 0 heterocycles. The van der Waals surface area contributed by atoms with Crippen LogP contribution in [0.2, 0.25) is 0 Å². The van der Waals surface area contributed by atoms with Gasteiger partial charge in [-0.1, -0.05) is 20.8 Å². The van der Waals surface area contributed by atoms with Crippen LogP contribution in [0.15, 0.2) is 0 Å². The molecule has 0 rings (SSSR count). The Morgan fingerprint density at radius 1 is 1.40 bits per heavy atom. The minimum absolute atomic E-state index is 0.109. The number of carboxylic acids is 1. The van der Waals surface area contributed by atoms with Crippen molar-refractivity contribution < 1.29 is 19.4 Å². The smallest absolute Gasteiger partial charge is 0.407 e. The van der Waals surface area contributed by atoms with E-state index < -0.39 is 18.1 Å². The van der Waals surface area contributed by atoms with Gasteiger partial charge in [-0.25, -0.2) is 4.79 Å². The van der Waals surface area contributed by atoms with Gasteiger partial charge in [-0.2, -0.15) is 0 Å². The molecule has 5 nitrogen and oxygen atoms in total. The largest absolute Gasteiger partial charge is 0.481 e. The first-order valence-corrected chi connectivity index (χ1v) is 4.92. The zero-order valence-corrected chi connectivity index (χ0v) is 9.66. The van der Waals surface area contributed by atoms with Crippen LogP contribution < -0.4 is 5.32 Å². The predicted molar refractivity (Wildman–Crippen MR) is 55.7 cm³/mol. The van der Waals surface area contributed by atoms with E-state index in [1.165, 1.54) is 0 Å². The second kappa shape index (κ2) is 5.58. The van der Waals surface area contributed by atoms with Crippen LogP contribution in [0.25, 0.3) is 0 Å². The second-order valence-electron chi connectivity index (χ2n) is 4.38. The normalized spacial score (nSPS) is 13.1. The molecule has 0 radical (unpaired) electrons. The Hall–Kier alpha value is -1.26. The van der Waals surface area contributed by atoms with Crippen LogP contribution in [-0.2, 0) is 9.53 Å². The van der Waals surface area contributed by atoms with Crippen molar-refractivity contribution in [2.24, 2.45) is 5.41 Å². The molecular formula is C10H19NO4. The van der Waals surface area contributed by atoms with E-state index >= 15 is 0 Å². The fourth-order valence-corrected chi connectivity index (χ4v) is 1.06. The molecule has 0 aliphatic rings. The summed E-state index contributed by atoms with van der Waals surface area (Å²) in [6.45, 7) is 7.57. The molecule has 0 aromatic rings. The molecule has 2 N–H and O–H groups in total. The van der Waals surface area contributed by atoms with E-state index in [9.17, 15) is 9.59 Å². The summed E-state index contributed by atoms with van der Waals surface area (Å²) in [4.78, 5) is 21.8. The van der Waals surface area contributed by atoms with Gasteiger partial charge in [0.2, 0.25) is 0 Å². The van der Waals surface area contributed by atoms with Crippen LogP contribution in [0.1, 0.15) is 34.1 Å². The molecule has 0 spiro atoms. The topological polar surface area (TPSA) is 75.6 Å². The molecule has 1 atom stereocenters. The molecule has 1 amide bonds. The molecule has 0 fully saturated rings. The van der Waals surface area contributed by atoms with Gasteiger partial charge in [0.1, 0.15) is 0 Å². The van der Waals surface area contributed by atoms with E-state index in [1.54, 1.807) is 6.92 Å². The maximum atomic E-state index is 11.2. The van der Waals surface area contributed by atoms with E-state index in [2.05, 4.69) is 5.32 Å². The minimum atomic E-state index is -0.938. The van der Waals surface area contributed by atoms with Crippen molar-refractivity contribution in [1.29, 1.82) is 0 Å². The van der Waals surface area contributed by atoms with Crippen LogP contribution >= 0.6 is 0 Å². The van der Waals surface area contributed by atoms with E-state index in [0.29, 0.717) is 0 Å². The van der Waals surface area contributed by atoms with Gasteiger partial charge in [-0.05, 0) is 12.3 Å². The number of hydrogen-bond donors (Lipinski definition) is 2. The number of hydrogen-bond acceptors (Lipinski definition) is 3. The number of amides is 1. The molecular weight excluding hydrogens is 198 g/mol. The lowest BCUT2D eigenvalue weighted by Gasteiger charge is -2.29. The fraction of sp³-hybridized carbons (Fsp3) is 0.800. The first-order chi connectivity index (χ1) is 6.77. The molecule has 0 bridgehead atoms. The molecule has 15 heavy (non-hydrogen) atoms. The van der Waals surface area contributed by atoms with Crippen molar-refractivity contribution in [3.8, 4) is 0 Å². The zero-order chi connectivity index (χ0) is 12.1. The molecule has 0 saturated carbocycles. The van der Waals surface area contributed by atoms with Crippen molar-refractivity contribution in [2.45, 2.75) is 40.2 Å². The molecule has 0 aromatic carbocycles. The summed E-state index contributed by atoms with van der Waals surface area (Å²) in [6, 6.07) is -0.436. The Kier molecular flexibility index (Phi) is 5.11. The van der Waals surface area contributed by atoms with Gasteiger partial charge >= 0.3 is 12.1 Å². The number of ether oxygens (including phenoxy) is 1. The fourth-order valence-electron chi connectivity index (χ4n) is 1.06. The van der Waals surface area contributed by atoms with Crippen molar-refractivity contribution in [1.82, 2.24) is 5.32 Å². The quantitative estimate of drug-likeness (QED) is 0.750. The third-order valence-electron chi connectivity index (χ3n) is 1.99. The number of carbonyl (C=O) groups excluding carboxylic acids is 1. The summed E-state index contributed by atoms with van der Waals surface area (Å²) >= 11 is 0. The highest BCUT2D eigenvalue weighted by atomic mass is 16.5. The average molecular weight is 217 g/mol. The Bertz CT molecular complexity index is 232. The van der Waals surface area contributed by atoms with E-state index in [4.69, 9.17) is 9.84 Å². The summed E-state index contributed by atoms with van der Waals surface area (Å²) < 4.78 is 4.71. The summed E-state index contributed by atoms with van der Waals surface area (Å²) in [5, 5.41) is 11.2. The molecule has 88 valence electrons. The van der Waals surface area contributed by atoms with Gasteiger partial charge in [0, 0.05) is 6.04 Å². The number of carbonyl (C=O) groups is 2. The Labute approximate surface area is 89.8 Å². The lowest BCUT2D eigenvalue weighted by Crippen LogP contribution is -2.45. The van der Waals surface area contributed by atoms with E-state index in [0.717, 1.165) is 0 Å². The lowest BCUT2D eigenvalue weighted by atomic mass is 9.85. The zero-order valence-electron chi connectivity index (χ0n) is 9.66. The molecule has 0 aliphatic carbocycles. The monoisotopic (exact) mass is 217 g/mol. The van der Waals surface area contributed by atoms with Crippen LogP contribution in [0.5, 0.6) is 0 Å². The standard InChI is InChI=1S/C10H19NO4/c1-5-15-9(14)11-7(6-8(12)13)10(2,3)4/h7H,5-6H2,1-4H3,(H,11,14)(H,12,13). The Morgan fingerprint density at radius 2 is 1.93 bits per heavy atom. The summed E-state index contributed by atoms with van der Waals surface area (Å²) in [6.07, 6.45) is -0.679. The SMILES string of the molecule is CCOC(=O)NC(CC(=O)O)C(C)(C)C. The highest BCUT2D eigenvalue weighted by molar-refractivity contribution is 5.71. The van der Waals surface area contributed by atoms with Crippen molar-refractivity contribution >= 4 is 12.1 Å². The Morgan fingerprint density at radius 3 is 2.27 bits per heavy atom. The molecule has 1 unspecified atom stereocenters. The molecule has 5 heteroatoms. The Balaban J connectivity index is 4.38. The van der Waals surface area contributed by atoms with Gasteiger partial charge in [0.25, 0.3) is 0 Å². The summed E-state index contributed by atoms with van der Waals surface area (Å²) in [5.41, 5.74) is -0.314. The minimum Gasteiger partial charge on any atom is -0.481 e. The average Bonchev–Trinajstić information content (AvgIpc) is 2.00. The lowest BCUT2D eigenvalue weighted by molar-refractivity contribution is -0.138. The second-order valence-corrected chi connectivity index (χ2v) is 4.38. The summed E-state index contributed by atoms with van der Waals surface area (Å²) in [5.74, 6) is -0.938. The number of rotatable bonds is 4.